The number of nitrogens with zero attached hydrogens (tertiary/aromatic N) is 6. The highest BCUT2D eigenvalue weighted by atomic mass is 35.5. The summed E-state index contributed by atoms with van der Waals surface area (Å²) in [6.45, 7) is 6.34. The number of likely N-dealkylation sites (tertiary alicyclic amines) is 1. The number of halogens is 2. The average Bonchev–Trinajstić information content (AvgIpc) is 3.03. The van der Waals surface area contributed by atoms with Gasteiger partial charge in [0.1, 0.15) is 0 Å². The van der Waals surface area contributed by atoms with Crippen LogP contribution in [-0.4, -0.2) is 101 Å². The van der Waals surface area contributed by atoms with Gasteiger partial charge in [-0.1, -0.05) is 23.2 Å². The van der Waals surface area contributed by atoms with Crippen molar-refractivity contribution < 1.29 is 24.2 Å². The lowest BCUT2D eigenvalue weighted by molar-refractivity contribution is -0.137. The SMILES string of the molecule is CNC(=O)OCC1CCN(Cc2cc(Oc3cnc(N4CCN(CCC(=O)O)CC4)nc3)nc(-c3cc(Cl)cc(Cl)c3)c2)CC1. The molecule has 4 heterocycles. The van der Waals surface area contributed by atoms with E-state index >= 15 is 0 Å². The number of carbonyl (C=O) groups is 2. The van der Waals surface area contributed by atoms with Crippen LogP contribution >= 0.6 is 23.2 Å². The number of nitrogens with one attached hydrogen (secondary N) is 1. The van der Waals surface area contributed by atoms with Gasteiger partial charge in [-0.2, -0.15) is 0 Å². The van der Waals surface area contributed by atoms with Gasteiger partial charge in [0, 0.05) is 68.0 Å². The maximum atomic E-state index is 11.4. The Morgan fingerprint density at radius 3 is 2.29 bits per heavy atom. The van der Waals surface area contributed by atoms with E-state index in [4.69, 9.17) is 42.8 Å². The molecule has 5 rings (SSSR count). The Labute approximate surface area is 272 Å². The Kier molecular flexibility index (Phi) is 11.3. The molecule has 2 fully saturated rings. The summed E-state index contributed by atoms with van der Waals surface area (Å²) < 4.78 is 11.4. The minimum Gasteiger partial charge on any atom is -0.481 e. The molecule has 2 aliphatic heterocycles. The fraction of sp³-hybridized carbons (Fsp3) is 0.452. The normalized spacial score (nSPS) is 16.4. The highest BCUT2D eigenvalue weighted by Crippen LogP contribution is 2.31. The van der Waals surface area contributed by atoms with Crippen LogP contribution in [0.5, 0.6) is 11.6 Å². The second-order valence-electron chi connectivity index (χ2n) is 11.2. The molecule has 1 aromatic carbocycles. The summed E-state index contributed by atoms with van der Waals surface area (Å²) in [5.41, 5.74) is 2.47. The zero-order valence-corrected chi connectivity index (χ0v) is 26.6. The molecule has 0 aliphatic carbocycles. The van der Waals surface area contributed by atoms with Crippen LogP contribution in [0.2, 0.25) is 10.0 Å². The van der Waals surface area contributed by atoms with Crippen LogP contribution in [0.3, 0.4) is 0 Å². The first-order valence-electron chi connectivity index (χ1n) is 15.0. The molecule has 3 aromatic rings. The highest BCUT2D eigenvalue weighted by Gasteiger charge is 2.22. The van der Waals surface area contributed by atoms with Crippen LogP contribution in [0.4, 0.5) is 10.7 Å². The number of benzene rings is 1. The van der Waals surface area contributed by atoms with E-state index in [9.17, 15) is 9.59 Å². The van der Waals surface area contributed by atoms with Crippen LogP contribution in [0.1, 0.15) is 24.8 Å². The van der Waals surface area contributed by atoms with Gasteiger partial charge < -0.3 is 24.8 Å². The van der Waals surface area contributed by atoms with Crippen LogP contribution in [0, 0.1) is 5.92 Å². The van der Waals surface area contributed by atoms with E-state index in [1.165, 1.54) is 0 Å². The zero-order valence-electron chi connectivity index (χ0n) is 25.1. The molecule has 2 saturated heterocycles. The lowest BCUT2D eigenvalue weighted by Gasteiger charge is -2.34. The number of amides is 1. The van der Waals surface area contributed by atoms with Gasteiger partial charge in [-0.25, -0.2) is 19.7 Å². The number of aliphatic carboxylic acids is 1. The first-order chi connectivity index (χ1) is 21.7. The number of carboxylic acids is 1. The molecule has 0 spiro atoms. The number of rotatable bonds is 11. The Balaban J connectivity index is 1.26. The second-order valence-corrected chi connectivity index (χ2v) is 12.1. The predicted molar refractivity (Wildman–Crippen MR) is 171 cm³/mol. The van der Waals surface area contributed by atoms with Crippen LogP contribution in [0.25, 0.3) is 11.3 Å². The third kappa shape index (κ3) is 9.64. The third-order valence-corrected chi connectivity index (χ3v) is 8.36. The van der Waals surface area contributed by atoms with Crippen molar-refractivity contribution in [2.75, 3.05) is 64.4 Å². The molecule has 14 heteroatoms. The van der Waals surface area contributed by atoms with Crippen molar-refractivity contribution in [1.29, 1.82) is 0 Å². The Bertz CT molecular complexity index is 1440. The average molecular weight is 659 g/mol. The number of piperidine rings is 1. The van der Waals surface area contributed by atoms with Crippen molar-refractivity contribution in [3.05, 3.63) is 58.3 Å². The van der Waals surface area contributed by atoms with E-state index in [2.05, 4.69) is 30.0 Å². The maximum absolute atomic E-state index is 11.4. The minimum atomic E-state index is -0.786. The number of alkyl carbamates (subject to hydrolysis) is 1. The van der Waals surface area contributed by atoms with Crippen LogP contribution in [0.15, 0.2) is 42.7 Å². The maximum Gasteiger partial charge on any atom is 0.406 e. The summed E-state index contributed by atoms with van der Waals surface area (Å²) >= 11 is 12.6. The quantitative estimate of drug-likeness (QED) is 0.294. The number of aromatic nitrogens is 3. The number of pyridine rings is 1. The van der Waals surface area contributed by atoms with Crippen molar-refractivity contribution in [2.24, 2.45) is 5.92 Å². The second kappa shape index (κ2) is 15.5. The largest absolute Gasteiger partial charge is 0.481 e. The molecule has 45 heavy (non-hydrogen) atoms. The van der Waals surface area contributed by atoms with E-state index in [0.717, 1.165) is 50.1 Å². The summed E-state index contributed by atoms with van der Waals surface area (Å²) in [6, 6.07) is 9.26. The van der Waals surface area contributed by atoms with E-state index in [-0.39, 0.29) is 6.42 Å². The van der Waals surface area contributed by atoms with Gasteiger partial charge in [0.15, 0.2) is 5.75 Å². The first kappa shape index (κ1) is 32.7. The monoisotopic (exact) mass is 657 g/mol. The molecule has 12 nitrogen and oxygen atoms in total. The number of ether oxygens (including phenoxy) is 2. The molecule has 240 valence electrons. The van der Waals surface area contributed by atoms with Gasteiger partial charge in [0.05, 0.1) is 31.1 Å². The van der Waals surface area contributed by atoms with E-state index in [0.29, 0.717) is 72.0 Å². The van der Waals surface area contributed by atoms with Gasteiger partial charge >= 0.3 is 12.1 Å². The minimum absolute atomic E-state index is 0.137. The first-order valence-corrected chi connectivity index (χ1v) is 15.7. The van der Waals surface area contributed by atoms with Crippen molar-refractivity contribution >= 4 is 41.2 Å². The summed E-state index contributed by atoms with van der Waals surface area (Å²) in [4.78, 5) is 42.7. The molecular weight excluding hydrogens is 621 g/mol. The smallest absolute Gasteiger partial charge is 0.406 e. The Hall–Kier alpha value is -3.71. The number of piperazine rings is 1. The molecule has 0 unspecified atom stereocenters. The van der Waals surface area contributed by atoms with Gasteiger partial charge in [0.2, 0.25) is 11.8 Å². The van der Waals surface area contributed by atoms with Crippen molar-refractivity contribution in [1.82, 2.24) is 30.1 Å². The van der Waals surface area contributed by atoms with E-state index < -0.39 is 12.1 Å². The number of hydrogen-bond acceptors (Lipinski definition) is 10. The topological polar surface area (TPSA) is 133 Å². The number of carboxylic acid groups (broad SMARTS) is 1. The van der Waals surface area contributed by atoms with Crippen LogP contribution < -0.4 is 15.0 Å². The number of hydrogen-bond donors (Lipinski definition) is 2. The van der Waals surface area contributed by atoms with Crippen molar-refractivity contribution in [3.63, 3.8) is 0 Å². The standard InChI is InChI=1S/C31H37Cl2N7O5/c1-34-31(43)44-20-21-2-5-39(6-3-21)19-22-12-27(23-14-24(32)16-25(33)15-23)37-28(13-22)45-26-17-35-30(36-18-26)40-10-8-38(9-11-40)7-4-29(41)42/h12-18,21H,2-11,19-20H2,1H3,(H,34,43)(H,41,42). The lowest BCUT2D eigenvalue weighted by atomic mass is 9.97. The molecule has 2 aliphatic rings. The predicted octanol–water partition coefficient (Wildman–Crippen LogP) is 4.80. The van der Waals surface area contributed by atoms with Gasteiger partial charge in [-0.15, -0.1) is 0 Å². The molecule has 0 saturated carbocycles. The Morgan fingerprint density at radius 2 is 1.64 bits per heavy atom. The van der Waals surface area contributed by atoms with Crippen molar-refractivity contribution in [2.45, 2.75) is 25.8 Å². The summed E-state index contributed by atoms with van der Waals surface area (Å²) in [6.07, 6.45) is 4.87. The number of anilines is 1. The van der Waals surface area contributed by atoms with E-state index in [1.807, 2.05) is 24.3 Å². The molecular formula is C31H37Cl2N7O5. The number of carbonyl (C=O) groups excluding carboxylic acids is 1. The summed E-state index contributed by atoms with van der Waals surface area (Å²) in [5.74, 6) is 1.00. The molecule has 0 atom stereocenters. The molecule has 2 N–H and O–H groups in total. The van der Waals surface area contributed by atoms with Crippen LogP contribution in [-0.2, 0) is 16.1 Å². The zero-order chi connectivity index (χ0) is 31.8. The highest BCUT2D eigenvalue weighted by molar-refractivity contribution is 6.35. The fourth-order valence-corrected chi connectivity index (χ4v) is 5.98. The summed E-state index contributed by atoms with van der Waals surface area (Å²) in [7, 11) is 1.56. The van der Waals surface area contributed by atoms with Gasteiger partial charge in [-0.05, 0) is 61.7 Å². The molecule has 1 amide bonds. The lowest BCUT2D eigenvalue weighted by Crippen LogP contribution is -2.47. The Morgan fingerprint density at radius 1 is 0.956 bits per heavy atom. The van der Waals surface area contributed by atoms with E-state index in [1.54, 1.807) is 25.5 Å². The summed E-state index contributed by atoms with van der Waals surface area (Å²) in [5, 5.41) is 12.5. The molecule has 0 radical (unpaired) electrons. The molecule has 0 bridgehead atoms. The fourth-order valence-electron chi connectivity index (χ4n) is 5.46. The third-order valence-electron chi connectivity index (χ3n) is 7.92. The van der Waals surface area contributed by atoms with Crippen molar-refractivity contribution in [3.8, 4) is 22.9 Å². The molecule has 2 aromatic heterocycles. The van der Waals surface area contributed by atoms with Gasteiger partial charge in [-0.3, -0.25) is 14.6 Å². The van der Waals surface area contributed by atoms with Gasteiger partial charge in [0.25, 0.3) is 0 Å².